The number of aliphatic carboxylic acids is 1. The van der Waals surface area contributed by atoms with E-state index in [0.717, 1.165) is 21.3 Å². The van der Waals surface area contributed by atoms with E-state index < -0.39 is 11.9 Å². The van der Waals surface area contributed by atoms with Gasteiger partial charge in [0.2, 0.25) is 5.91 Å². The Hall–Kier alpha value is -2.21. The van der Waals surface area contributed by atoms with Crippen molar-refractivity contribution in [3.8, 4) is 0 Å². The van der Waals surface area contributed by atoms with E-state index in [1.807, 2.05) is 6.92 Å². The summed E-state index contributed by atoms with van der Waals surface area (Å²) in [5, 5.41) is 13.7. The molecule has 0 spiro atoms. The number of nitrogens with zero attached hydrogens (tertiary/aromatic N) is 1. The molecule has 1 amide bonds. The second-order valence-electron chi connectivity index (χ2n) is 3.56. The fourth-order valence-electron chi connectivity index (χ4n) is 1.45. The molecular weight excluding hydrogens is 252 g/mol. The van der Waals surface area contributed by atoms with Crippen molar-refractivity contribution in [1.29, 1.82) is 0 Å². The molecule has 0 fully saturated rings. The molecule has 0 unspecified atom stereocenters. The number of hydrogen-bond acceptors (Lipinski definition) is 5. The van der Waals surface area contributed by atoms with Crippen LogP contribution in [0.1, 0.15) is 5.01 Å². The summed E-state index contributed by atoms with van der Waals surface area (Å²) in [6.45, 7) is 1.91. The smallest absolute Gasteiger partial charge is 0.248 e. The van der Waals surface area contributed by atoms with Crippen LogP contribution in [0.5, 0.6) is 0 Å². The van der Waals surface area contributed by atoms with Gasteiger partial charge in [0.15, 0.2) is 0 Å². The Morgan fingerprint density at radius 1 is 1.39 bits per heavy atom. The molecule has 1 heterocycles. The third-order valence-electron chi connectivity index (χ3n) is 2.13. The van der Waals surface area contributed by atoms with Crippen molar-refractivity contribution in [1.82, 2.24) is 4.98 Å². The number of hydrogen-bond donors (Lipinski definition) is 1. The van der Waals surface area contributed by atoms with Crippen molar-refractivity contribution in [2.24, 2.45) is 0 Å². The Labute approximate surface area is 107 Å². The van der Waals surface area contributed by atoms with Gasteiger partial charge in [-0.05, 0) is 31.2 Å². The fraction of sp³-hybridized carbons (Fsp3) is 0.0833. The molecule has 0 aliphatic rings. The maximum absolute atomic E-state index is 11.4. The van der Waals surface area contributed by atoms with E-state index in [1.165, 1.54) is 11.3 Å². The molecule has 0 saturated heterocycles. The highest BCUT2D eigenvalue weighted by molar-refractivity contribution is 7.18. The zero-order valence-electron chi connectivity index (χ0n) is 9.47. The van der Waals surface area contributed by atoms with E-state index in [0.29, 0.717) is 11.8 Å². The first kappa shape index (κ1) is 12.3. The minimum atomic E-state index is -1.40. The van der Waals surface area contributed by atoms with Gasteiger partial charge < -0.3 is 15.2 Å². The molecule has 0 aliphatic heterocycles. The molecule has 0 radical (unpaired) electrons. The van der Waals surface area contributed by atoms with Crippen LogP contribution in [0.2, 0.25) is 0 Å². The average molecular weight is 261 g/mol. The molecule has 1 N–H and O–H groups in total. The number of rotatable bonds is 3. The number of carbonyl (C=O) groups excluding carboxylic acids is 2. The number of fused-ring (bicyclic) bond motifs is 1. The molecule has 6 heteroatoms. The van der Waals surface area contributed by atoms with Crippen LogP contribution in [0.15, 0.2) is 30.4 Å². The number of amides is 1. The van der Waals surface area contributed by atoms with E-state index in [2.05, 4.69) is 10.3 Å². The lowest BCUT2D eigenvalue weighted by molar-refractivity contribution is -0.297. The average Bonchev–Trinajstić information content (AvgIpc) is 2.66. The molecule has 2 aromatic rings. The van der Waals surface area contributed by atoms with Crippen molar-refractivity contribution in [3.63, 3.8) is 0 Å². The summed E-state index contributed by atoms with van der Waals surface area (Å²) in [6, 6.07) is 5.31. The largest absolute Gasteiger partial charge is 0.545 e. The summed E-state index contributed by atoms with van der Waals surface area (Å²) in [6.07, 6.45) is 1.60. The van der Waals surface area contributed by atoms with Gasteiger partial charge in [-0.25, -0.2) is 4.98 Å². The van der Waals surface area contributed by atoms with Crippen LogP contribution in [0.25, 0.3) is 10.2 Å². The summed E-state index contributed by atoms with van der Waals surface area (Å²) in [4.78, 5) is 25.8. The van der Waals surface area contributed by atoms with E-state index in [9.17, 15) is 14.7 Å². The van der Waals surface area contributed by atoms with Crippen LogP contribution in [0.4, 0.5) is 5.69 Å². The Bertz CT molecular complexity index is 646. The quantitative estimate of drug-likeness (QED) is 0.830. The number of aromatic nitrogens is 1. The van der Waals surface area contributed by atoms with Gasteiger partial charge in [-0.1, -0.05) is 0 Å². The molecule has 0 aliphatic carbocycles. The number of carboxylic acids is 1. The lowest BCUT2D eigenvalue weighted by atomic mass is 10.3. The van der Waals surface area contributed by atoms with E-state index in [1.54, 1.807) is 18.2 Å². The second kappa shape index (κ2) is 4.97. The van der Waals surface area contributed by atoms with Crippen LogP contribution >= 0.6 is 11.3 Å². The molecule has 2 rings (SSSR count). The zero-order valence-corrected chi connectivity index (χ0v) is 10.3. The molecule has 0 atom stereocenters. The summed E-state index contributed by atoms with van der Waals surface area (Å²) in [5.74, 6) is -1.92. The third-order valence-corrected chi connectivity index (χ3v) is 3.07. The van der Waals surface area contributed by atoms with E-state index in [4.69, 9.17) is 0 Å². The van der Waals surface area contributed by atoms with Gasteiger partial charge in [-0.15, -0.1) is 11.3 Å². The van der Waals surface area contributed by atoms with Gasteiger partial charge in [0, 0.05) is 11.8 Å². The SMILES string of the molecule is Cc1nc2ccc(NC(=O)/C=C\C(=O)[O-])cc2s1. The van der Waals surface area contributed by atoms with Crippen molar-refractivity contribution in [3.05, 3.63) is 35.4 Å². The number of carbonyl (C=O) groups is 2. The molecule has 1 aromatic heterocycles. The summed E-state index contributed by atoms with van der Waals surface area (Å²) in [7, 11) is 0. The number of benzene rings is 1. The highest BCUT2D eigenvalue weighted by atomic mass is 32.1. The predicted octanol–water partition coefficient (Wildman–Crippen LogP) is 0.849. The van der Waals surface area contributed by atoms with Gasteiger partial charge in [0.05, 0.1) is 21.2 Å². The van der Waals surface area contributed by atoms with Crippen LogP contribution in [-0.4, -0.2) is 16.9 Å². The normalized spacial score (nSPS) is 10.9. The molecule has 18 heavy (non-hydrogen) atoms. The van der Waals surface area contributed by atoms with Crippen molar-refractivity contribution < 1.29 is 14.7 Å². The Morgan fingerprint density at radius 3 is 2.89 bits per heavy atom. The lowest BCUT2D eigenvalue weighted by Crippen LogP contribution is -2.20. The van der Waals surface area contributed by atoms with Crippen LogP contribution in [0, 0.1) is 6.92 Å². The van der Waals surface area contributed by atoms with E-state index >= 15 is 0 Å². The summed E-state index contributed by atoms with van der Waals surface area (Å²) >= 11 is 1.53. The van der Waals surface area contributed by atoms with Crippen molar-refractivity contribution in [2.45, 2.75) is 6.92 Å². The standard InChI is InChI=1S/C12H10N2O3S/c1-7-13-9-3-2-8(6-10(9)18-7)14-11(15)4-5-12(16)17/h2-6H,1H3,(H,14,15)(H,16,17)/p-1/b5-4-. The molecule has 92 valence electrons. The number of thiazole rings is 1. The van der Waals surface area contributed by atoms with E-state index in [-0.39, 0.29) is 0 Å². The fourth-order valence-corrected chi connectivity index (χ4v) is 2.31. The third kappa shape index (κ3) is 2.92. The van der Waals surface area contributed by atoms with Gasteiger partial charge in [0.25, 0.3) is 0 Å². The van der Waals surface area contributed by atoms with Gasteiger partial charge in [-0.2, -0.15) is 0 Å². The Kier molecular flexibility index (Phi) is 3.38. The maximum atomic E-state index is 11.4. The lowest BCUT2D eigenvalue weighted by Gasteiger charge is -2.01. The highest BCUT2D eigenvalue weighted by Gasteiger charge is 2.03. The van der Waals surface area contributed by atoms with Crippen molar-refractivity contribution in [2.75, 3.05) is 5.32 Å². The summed E-state index contributed by atoms with van der Waals surface area (Å²) in [5.41, 5.74) is 1.47. The first-order chi connectivity index (χ1) is 8.54. The molecule has 0 saturated carbocycles. The van der Waals surface area contributed by atoms with Gasteiger partial charge in [0.1, 0.15) is 0 Å². The number of nitrogens with one attached hydrogen (secondary N) is 1. The van der Waals surface area contributed by atoms with Crippen LogP contribution in [-0.2, 0) is 9.59 Å². The summed E-state index contributed by atoms with van der Waals surface area (Å²) < 4.78 is 0.967. The van der Waals surface area contributed by atoms with Crippen LogP contribution in [0.3, 0.4) is 0 Å². The van der Waals surface area contributed by atoms with Crippen molar-refractivity contribution >= 4 is 39.1 Å². The Balaban J connectivity index is 2.16. The van der Waals surface area contributed by atoms with Gasteiger partial charge >= 0.3 is 0 Å². The number of anilines is 1. The highest BCUT2D eigenvalue weighted by Crippen LogP contribution is 2.24. The second-order valence-corrected chi connectivity index (χ2v) is 4.79. The Morgan fingerprint density at radius 2 is 2.17 bits per heavy atom. The molecule has 0 bridgehead atoms. The minimum absolute atomic E-state index is 0.514. The van der Waals surface area contributed by atoms with Crippen LogP contribution < -0.4 is 10.4 Å². The first-order valence-corrected chi connectivity index (χ1v) is 5.93. The number of carboxylic acid groups (broad SMARTS) is 1. The minimum Gasteiger partial charge on any atom is -0.545 e. The number of aryl methyl sites for hydroxylation is 1. The predicted molar refractivity (Wildman–Crippen MR) is 67.1 cm³/mol. The maximum Gasteiger partial charge on any atom is 0.248 e. The molecular formula is C12H9N2O3S-. The monoisotopic (exact) mass is 261 g/mol. The topological polar surface area (TPSA) is 82.1 Å². The molecule has 5 nitrogen and oxygen atoms in total. The first-order valence-electron chi connectivity index (χ1n) is 5.12. The zero-order chi connectivity index (χ0) is 13.1. The molecule has 1 aromatic carbocycles. The van der Waals surface area contributed by atoms with Gasteiger partial charge in [-0.3, -0.25) is 4.79 Å².